The average Bonchev–Trinajstić information content (AvgIpc) is 1.56. The predicted molar refractivity (Wildman–Crippen MR) is 540 cm³/mol. The Morgan fingerprint density at radius 1 is 0.310 bits per heavy atom. The van der Waals surface area contributed by atoms with E-state index in [9.17, 15) is 0 Å². The molecule has 10 heterocycles. The molecular formula is C102H152B2Br2F4N4O6S6. The van der Waals surface area contributed by atoms with Crippen LogP contribution in [0.5, 0.6) is 11.5 Å². The van der Waals surface area contributed by atoms with E-state index in [4.69, 9.17) is 36.8 Å². The van der Waals surface area contributed by atoms with Crippen LogP contribution in [0.2, 0.25) is 0 Å². The van der Waals surface area contributed by atoms with Gasteiger partial charge in [0.15, 0.2) is 23.3 Å². The fourth-order valence-corrected chi connectivity index (χ4v) is 26.3. The highest BCUT2D eigenvalue weighted by atomic mass is 79.9. The monoisotopic (exact) mass is 1980 g/mol. The molecule has 0 spiro atoms. The molecule has 0 saturated carbocycles. The van der Waals surface area contributed by atoms with Crippen molar-refractivity contribution in [1.82, 2.24) is 17.5 Å². The van der Waals surface area contributed by atoms with Crippen molar-refractivity contribution in [3.63, 3.8) is 0 Å². The highest BCUT2D eigenvalue weighted by molar-refractivity contribution is 9.11. The summed E-state index contributed by atoms with van der Waals surface area (Å²) in [6.07, 6.45) is 38.2. The number of rotatable bonds is 48. The van der Waals surface area contributed by atoms with Crippen LogP contribution in [-0.2, 0) is 29.8 Å². The Labute approximate surface area is 798 Å². The largest absolute Gasteiger partial charge is 0.500 e. The van der Waals surface area contributed by atoms with Gasteiger partial charge in [-0.05, 0) is 222 Å². The predicted octanol–water partition coefficient (Wildman–Crippen LogP) is 34.3. The molecule has 126 heavy (non-hydrogen) atoms. The first-order valence-corrected chi connectivity index (χ1v) is 55.0. The van der Waals surface area contributed by atoms with Gasteiger partial charge in [-0.3, -0.25) is 0 Å². The summed E-state index contributed by atoms with van der Waals surface area (Å²) in [5.74, 6) is 6.03. The summed E-state index contributed by atoms with van der Waals surface area (Å²) in [7, 11) is -2.21. The molecule has 10 nitrogen and oxygen atoms in total. The maximum absolute atomic E-state index is 18.3. The van der Waals surface area contributed by atoms with Gasteiger partial charge in [-0.25, -0.2) is 17.6 Å². The van der Waals surface area contributed by atoms with Crippen LogP contribution in [0.1, 0.15) is 383 Å². The first-order valence-electron chi connectivity index (χ1n) is 48.7. The van der Waals surface area contributed by atoms with Gasteiger partial charge >= 0.3 is 14.2 Å². The first kappa shape index (κ1) is 104. The van der Waals surface area contributed by atoms with E-state index in [1.807, 2.05) is 55.4 Å². The minimum atomic E-state index is -1.10. The lowest BCUT2D eigenvalue weighted by Crippen LogP contribution is -2.44. The van der Waals surface area contributed by atoms with E-state index >= 15 is 17.6 Å². The van der Waals surface area contributed by atoms with E-state index in [1.54, 1.807) is 45.3 Å². The molecule has 4 aliphatic rings. The molecule has 0 amide bonds. The highest BCUT2D eigenvalue weighted by Crippen LogP contribution is 2.62. The van der Waals surface area contributed by atoms with Crippen LogP contribution in [0.15, 0.2) is 31.8 Å². The Morgan fingerprint density at radius 2 is 0.548 bits per heavy atom. The van der Waals surface area contributed by atoms with Crippen LogP contribution in [0, 0.1) is 94.3 Å². The molecule has 8 aromatic rings. The molecule has 8 atom stereocenters. The molecule has 4 aliphatic heterocycles. The van der Waals surface area contributed by atoms with E-state index in [-0.39, 0.29) is 33.1 Å². The van der Waals surface area contributed by atoms with Crippen LogP contribution < -0.4 is 20.4 Å². The summed E-state index contributed by atoms with van der Waals surface area (Å²) >= 11 is 16.2. The van der Waals surface area contributed by atoms with Crippen molar-refractivity contribution in [1.29, 1.82) is 0 Å². The average molecular weight is 1980 g/mol. The number of hydrogen-bond donors (Lipinski definition) is 0. The van der Waals surface area contributed by atoms with Crippen molar-refractivity contribution in [3.05, 3.63) is 66.2 Å². The lowest BCUT2D eigenvalue weighted by Gasteiger charge is -2.39. The Morgan fingerprint density at radius 3 is 0.802 bits per heavy atom. The van der Waals surface area contributed by atoms with E-state index in [0.717, 1.165) is 172 Å². The second-order valence-corrected chi connectivity index (χ2v) is 51.4. The van der Waals surface area contributed by atoms with Crippen LogP contribution in [0.4, 0.5) is 17.6 Å². The molecule has 0 bridgehead atoms. The van der Waals surface area contributed by atoms with Gasteiger partial charge in [-0.1, -0.05) is 265 Å². The van der Waals surface area contributed by atoms with Crippen molar-refractivity contribution < 1.29 is 45.7 Å². The summed E-state index contributed by atoms with van der Waals surface area (Å²) < 4.78 is 126. The van der Waals surface area contributed by atoms with E-state index in [1.165, 1.54) is 154 Å². The smallest absolute Gasteiger partial charge is 0.481 e. The van der Waals surface area contributed by atoms with Gasteiger partial charge in [0, 0.05) is 33.0 Å². The van der Waals surface area contributed by atoms with E-state index < -0.39 is 71.1 Å². The molecule has 24 heteroatoms. The zero-order chi connectivity index (χ0) is 91.7. The molecule has 2 saturated heterocycles. The Hall–Kier alpha value is -2.87. The SMILES string of the molecule is CC(C)CCCC(C)CCCC(C)CCC1(CCC(C)CCCC(C)CCCC(C)C)Oc2cc(Br)sc2-c2sc(-c3c(F)c(F)c(-c4cc5c(s4)-c4sc(Br)cc4OC5(CCC(C)CCCC(C)CCCC(C)C)CCC(C)CCCC(C)CCCC(C)C)c4nsnc34)cc21.CC1(C)OB(c2c(F)c(F)c(B3OC(C)(C)C(C)(C)O3)c3nsnc23)OC1(C)C. The molecule has 8 unspecified atom stereocenters. The normalized spacial score (nSPS) is 20.0. The van der Waals surface area contributed by atoms with Gasteiger partial charge in [-0.15, -0.1) is 45.3 Å². The minimum Gasteiger partial charge on any atom is -0.481 e. The molecule has 700 valence electrons. The number of benzene rings is 2. The summed E-state index contributed by atoms with van der Waals surface area (Å²) in [6.45, 7) is 53.0. The van der Waals surface area contributed by atoms with Crippen molar-refractivity contribution in [2.24, 2.45) is 71.0 Å². The summed E-state index contributed by atoms with van der Waals surface area (Å²) in [4.78, 5) is 5.71. The van der Waals surface area contributed by atoms with Crippen LogP contribution >= 0.6 is 101 Å². The Bertz CT molecular complexity index is 4420. The van der Waals surface area contributed by atoms with Gasteiger partial charge < -0.3 is 28.1 Å². The molecule has 0 aliphatic carbocycles. The third-order valence-corrected chi connectivity index (χ3v) is 36.1. The summed E-state index contributed by atoms with van der Waals surface area (Å²) in [5, 5.41) is 0. The zero-order valence-electron chi connectivity index (χ0n) is 81.0. The second kappa shape index (κ2) is 45.2. The Balaban J connectivity index is 0.000000444. The Kier molecular flexibility index (Phi) is 37.2. The number of halogens is 6. The maximum atomic E-state index is 18.3. The first-order chi connectivity index (χ1) is 59.4. The van der Waals surface area contributed by atoms with E-state index in [0.29, 0.717) is 44.5 Å². The fourth-order valence-electron chi connectivity index (χ4n) is 19.3. The van der Waals surface area contributed by atoms with Crippen LogP contribution in [0.3, 0.4) is 0 Å². The fraction of sp³-hybridized carbons (Fsp3) is 0.725. The van der Waals surface area contributed by atoms with Crippen LogP contribution in [0.25, 0.3) is 62.5 Å². The van der Waals surface area contributed by atoms with Gasteiger partial charge in [0.25, 0.3) is 0 Å². The highest BCUT2D eigenvalue weighted by Gasteiger charge is 2.57. The van der Waals surface area contributed by atoms with Gasteiger partial charge in [0.05, 0.1) is 95.0 Å². The molecular weight excluding hydrogens is 1830 g/mol. The molecule has 12 rings (SSSR count). The minimum absolute atomic E-state index is 0.0924. The number of thiophene rings is 4. The lowest BCUT2D eigenvalue weighted by molar-refractivity contribution is 0.00578. The van der Waals surface area contributed by atoms with Gasteiger partial charge in [-0.2, -0.15) is 17.5 Å². The van der Waals surface area contributed by atoms with E-state index in [2.05, 4.69) is 176 Å². The topological polar surface area (TPSA) is 107 Å². The number of aromatic nitrogens is 4. The van der Waals surface area contributed by atoms with Crippen molar-refractivity contribution in [3.8, 4) is 51.9 Å². The molecule has 6 aromatic heterocycles. The van der Waals surface area contributed by atoms with Crippen molar-refractivity contribution in [2.45, 2.75) is 405 Å². The number of ether oxygens (including phenoxy) is 2. The van der Waals surface area contributed by atoms with Crippen molar-refractivity contribution >= 4 is 148 Å². The number of nitrogens with zero attached hydrogens (tertiary/aromatic N) is 4. The molecule has 0 N–H and O–H groups in total. The standard InChI is InChI=1S/C84H128Br2F2N2O2S5.C18H24B2F2N2O4S/c1-53(2)25-17-29-57(9)33-21-37-61(13)41-45-83(46-42-62(14)38-22-34-58(10)30-18-26-54(3)4)65-49-69(93-79(65)81-67(91-83)51-71(85)95-81)73-75(87)76(88)74(78-77(73)89-97-90-78)70-50-66-80(94-70)82-68(52-72(86)96-82)92-84(66,47-43-63(15)39-23-35-59(11)31-19-27-55(5)6)48-44-64(16)40-24-36-60(12)32-20-28-56(7)8;1-15(2)16(3,4)26-19(25-15)9-11(21)12(22)10(14-13(9)23-29-24-14)20-27-17(5,6)18(7,8)28-20/h49-64H,17-48H2,1-16H3;1-8H3. The molecule has 2 fully saturated rings. The summed E-state index contributed by atoms with van der Waals surface area (Å²) in [5.41, 5.74) is -0.377. The third-order valence-electron chi connectivity index (χ3n) is 29.2. The number of fused-ring (bicyclic) bond motifs is 8. The quantitative estimate of drug-likeness (QED) is 0.0270. The summed E-state index contributed by atoms with van der Waals surface area (Å²) in [6, 6.07) is 8.68. The van der Waals surface area contributed by atoms with Crippen molar-refractivity contribution in [2.75, 3.05) is 0 Å². The maximum Gasteiger partial charge on any atom is 0.500 e. The van der Waals surface area contributed by atoms with Gasteiger partial charge in [0.2, 0.25) is 0 Å². The molecule has 2 aromatic carbocycles. The van der Waals surface area contributed by atoms with Crippen LogP contribution in [-0.4, -0.2) is 54.1 Å². The zero-order valence-corrected chi connectivity index (χ0v) is 89.0. The van der Waals surface area contributed by atoms with Gasteiger partial charge in [0.1, 0.15) is 44.8 Å². The lowest BCUT2D eigenvalue weighted by atomic mass is 9.71. The number of hydrogen-bond acceptors (Lipinski definition) is 16. The third kappa shape index (κ3) is 25.6. The molecule has 0 radical (unpaired) electrons. The second-order valence-electron chi connectivity index (χ2n) is 43.3.